The summed E-state index contributed by atoms with van der Waals surface area (Å²) in [6, 6.07) is 9.39. The van der Waals surface area contributed by atoms with Crippen molar-refractivity contribution in [3.8, 4) is 28.6 Å². The van der Waals surface area contributed by atoms with Crippen LogP contribution in [0.15, 0.2) is 65.3 Å². The van der Waals surface area contributed by atoms with Crippen LogP contribution in [0, 0.1) is 0 Å². The molecule has 0 radical (unpaired) electrons. The molecule has 0 aliphatic rings. The normalized spacial score (nSPS) is 11.6. The Kier molecular flexibility index (Phi) is 3.09. The molecule has 5 aromatic rings. The Bertz CT molecular complexity index is 1530. The van der Waals surface area contributed by atoms with E-state index in [-0.39, 0.29) is 50.3 Å². The standard InChI is InChI=1S/C20H10O8/c21-8-1-3-10-13(5-8)28-20(25)16(17(10)23)15-7-12-18(26-15)11-4-2-9(22)6-14(11)27-19(12)24/h1-7,21-23H. The second kappa shape index (κ2) is 5.40. The molecule has 0 fully saturated rings. The Morgan fingerprint density at radius 3 is 1.96 bits per heavy atom. The number of hydrogen-bond donors (Lipinski definition) is 3. The number of furan rings is 1. The van der Waals surface area contributed by atoms with Gasteiger partial charge in [0.2, 0.25) is 0 Å². The van der Waals surface area contributed by atoms with Crippen molar-refractivity contribution in [2.45, 2.75) is 0 Å². The van der Waals surface area contributed by atoms with Crippen molar-refractivity contribution in [1.82, 2.24) is 0 Å². The van der Waals surface area contributed by atoms with Gasteiger partial charge in [-0.15, -0.1) is 0 Å². The van der Waals surface area contributed by atoms with Gasteiger partial charge in [0.15, 0.2) is 5.58 Å². The van der Waals surface area contributed by atoms with Gasteiger partial charge in [0.1, 0.15) is 45.1 Å². The van der Waals surface area contributed by atoms with Crippen LogP contribution in [0.1, 0.15) is 0 Å². The van der Waals surface area contributed by atoms with Crippen molar-refractivity contribution in [2.75, 3.05) is 0 Å². The zero-order valence-corrected chi connectivity index (χ0v) is 13.9. The van der Waals surface area contributed by atoms with Crippen molar-refractivity contribution >= 4 is 32.9 Å². The van der Waals surface area contributed by atoms with Crippen LogP contribution in [0.2, 0.25) is 0 Å². The summed E-state index contributed by atoms with van der Waals surface area (Å²) >= 11 is 0. The van der Waals surface area contributed by atoms with E-state index in [2.05, 4.69) is 0 Å². The second-order valence-corrected chi connectivity index (χ2v) is 6.22. The first-order valence-electron chi connectivity index (χ1n) is 8.11. The fourth-order valence-electron chi connectivity index (χ4n) is 3.19. The molecule has 0 atom stereocenters. The summed E-state index contributed by atoms with van der Waals surface area (Å²) < 4.78 is 16.1. The molecule has 0 aliphatic heterocycles. The highest BCUT2D eigenvalue weighted by Gasteiger charge is 2.22. The SMILES string of the molecule is O=c1oc2cc(O)ccc2c(O)c1-c1cc2c(=O)oc3cc(O)ccc3c2o1. The maximum Gasteiger partial charge on any atom is 0.351 e. The first kappa shape index (κ1) is 16.0. The average Bonchev–Trinajstić information content (AvgIpc) is 3.06. The highest BCUT2D eigenvalue weighted by Crippen LogP contribution is 2.37. The number of fused-ring (bicyclic) bond motifs is 4. The number of phenols is 2. The molecule has 28 heavy (non-hydrogen) atoms. The van der Waals surface area contributed by atoms with E-state index < -0.39 is 17.0 Å². The fourth-order valence-corrected chi connectivity index (χ4v) is 3.19. The minimum Gasteiger partial charge on any atom is -0.508 e. The minimum atomic E-state index is -0.902. The first-order valence-corrected chi connectivity index (χ1v) is 8.11. The van der Waals surface area contributed by atoms with E-state index in [1.807, 2.05) is 0 Å². The van der Waals surface area contributed by atoms with Crippen molar-refractivity contribution in [1.29, 1.82) is 0 Å². The molecule has 2 aromatic carbocycles. The molecule has 0 bridgehead atoms. The van der Waals surface area contributed by atoms with Crippen LogP contribution in [-0.2, 0) is 0 Å². The molecular weight excluding hydrogens is 368 g/mol. The van der Waals surface area contributed by atoms with Crippen LogP contribution in [0.3, 0.4) is 0 Å². The molecule has 3 heterocycles. The van der Waals surface area contributed by atoms with Gasteiger partial charge in [-0.3, -0.25) is 0 Å². The molecule has 0 saturated heterocycles. The Morgan fingerprint density at radius 1 is 0.643 bits per heavy atom. The molecule has 3 N–H and O–H groups in total. The lowest BCUT2D eigenvalue weighted by atomic mass is 10.1. The quantitative estimate of drug-likeness (QED) is 0.378. The van der Waals surface area contributed by atoms with Crippen molar-refractivity contribution in [2.24, 2.45) is 0 Å². The van der Waals surface area contributed by atoms with E-state index in [1.54, 1.807) is 0 Å². The highest BCUT2D eigenvalue weighted by molar-refractivity contribution is 6.03. The van der Waals surface area contributed by atoms with E-state index in [0.717, 1.165) is 0 Å². The highest BCUT2D eigenvalue weighted by atomic mass is 16.4. The lowest BCUT2D eigenvalue weighted by molar-refractivity contribution is 0.462. The molecule has 0 amide bonds. The van der Waals surface area contributed by atoms with Gasteiger partial charge in [-0.05, 0) is 24.3 Å². The smallest absolute Gasteiger partial charge is 0.351 e. The maximum absolute atomic E-state index is 12.4. The predicted molar refractivity (Wildman–Crippen MR) is 98.7 cm³/mol. The van der Waals surface area contributed by atoms with Crippen LogP contribution < -0.4 is 11.3 Å². The lowest BCUT2D eigenvalue weighted by Gasteiger charge is -2.04. The third-order valence-electron chi connectivity index (χ3n) is 4.47. The molecule has 0 saturated carbocycles. The number of rotatable bonds is 1. The fraction of sp³-hybridized carbons (Fsp3) is 0. The van der Waals surface area contributed by atoms with E-state index >= 15 is 0 Å². The van der Waals surface area contributed by atoms with Gasteiger partial charge in [-0.1, -0.05) is 0 Å². The molecule has 0 unspecified atom stereocenters. The molecule has 8 nitrogen and oxygen atoms in total. The van der Waals surface area contributed by atoms with E-state index in [0.29, 0.717) is 5.39 Å². The topological polar surface area (TPSA) is 134 Å². The molecule has 138 valence electrons. The number of aromatic hydroxyl groups is 3. The maximum atomic E-state index is 12.4. The predicted octanol–water partition coefficient (Wildman–Crippen LogP) is 3.43. The Balaban J connectivity index is 1.86. The zero-order valence-electron chi connectivity index (χ0n) is 13.9. The summed E-state index contributed by atoms with van der Waals surface area (Å²) in [5, 5.41) is 30.3. The second-order valence-electron chi connectivity index (χ2n) is 6.22. The molecular formula is C20H10O8. The Hall–Kier alpha value is -4.20. The monoisotopic (exact) mass is 378 g/mol. The van der Waals surface area contributed by atoms with E-state index in [4.69, 9.17) is 13.3 Å². The van der Waals surface area contributed by atoms with Crippen LogP contribution in [0.4, 0.5) is 0 Å². The summed E-state index contributed by atoms with van der Waals surface area (Å²) in [6.45, 7) is 0. The van der Waals surface area contributed by atoms with Crippen LogP contribution in [-0.4, -0.2) is 15.3 Å². The van der Waals surface area contributed by atoms with Gasteiger partial charge in [-0.2, -0.15) is 0 Å². The minimum absolute atomic E-state index is 0.00259. The van der Waals surface area contributed by atoms with Crippen molar-refractivity contribution < 1.29 is 28.6 Å². The van der Waals surface area contributed by atoms with Crippen molar-refractivity contribution in [3.05, 3.63) is 63.3 Å². The van der Waals surface area contributed by atoms with Crippen LogP contribution in [0.5, 0.6) is 17.2 Å². The third kappa shape index (κ3) is 2.18. The van der Waals surface area contributed by atoms with Gasteiger partial charge in [0.05, 0.1) is 10.8 Å². The van der Waals surface area contributed by atoms with Crippen molar-refractivity contribution in [3.63, 3.8) is 0 Å². The third-order valence-corrected chi connectivity index (χ3v) is 4.47. The summed E-state index contributed by atoms with van der Waals surface area (Å²) in [4.78, 5) is 24.7. The number of phenolic OH excluding ortho intramolecular Hbond substituents is 2. The molecule has 3 aromatic heterocycles. The zero-order chi connectivity index (χ0) is 19.6. The lowest BCUT2D eigenvalue weighted by Crippen LogP contribution is -2.03. The summed E-state index contributed by atoms with van der Waals surface area (Å²) in [5.74, 6) is -0.697. The summed E-state index contributed by atoms with van der Waals surface area (Å²) in [6.07, 6.45) is 0. The van der Waals surface area contributed by atoms with Gasteiger partial charge >= 0.3 is 11.3 Å². The number of hydrogen-bond acceptors (Lipinski definition) is 8. The Morgan fingerprint density at radius 2 is 1.25 bits per heavy atom. The number of benzene rings is 2. The summed E-state index contributed by atoms with van der Waals surface area (Å²) in [7, 11) is 0. The Labute approximate surface area is 154 Å². The summed E-state index contributed by atoms with van der Waals surface area (Å²) in [5.41, 5.74) is -1.63. The molecule has 8 heteroatoms. The molecule has 5 rings (SSSR count). The van der Waals surface area contributed by atoms with Gasteiger partial charge in [0, 0.05) is 18.2 Å². The largest absolute Gasteiger partial charge is 0.508 e. The molecule has 0 aliphatic carbocycles. The first-order chi connectivity index (χ1) is 13.4. The van der Waals surface area contributed by atoms with Gasteiger partial charge in [0.25, 0.3) is 0 Å². The van der Waals surface area contributed by atoms with Crippen LogP contribution >= 0.6 is 0 Å². The van der Waals surface area contributed by atoms with Gasteiger partial charge < -0.3 is 28.6 Å². The van der Waals surface area contributed by atoms with Gasteiger partial charge in [-0.25, -0.2) is 9.59 Å². The van der Waals surface area contributed by atoms with E-state index in [1.165, 1.54) is 42.5 Å². The van der Waals surface area contributed by atoms with E-state index in [9.17, 15) is 24.9 Å². The van der Waals surface area contributed by atoms with Crippen LogP contribution in [0.25, 0.3) is 44.2 Å². The molecule has 0 spiro atoms. The average molecular weight is 378 g/mol.